The minimum absolute atomic E-state index is 0.120. The molecule has 2 rings (SSSR count). The van der Waals surface area contributed by atoms with E-state index in [1.807, 2.05) is 17.1 Å². The molecule has 5 heteroatoms. The molecule has 0 aromatic rings. The van der Waals surface area contributed by atoms with Crippen molar-refractivity contribution in [2.24, 2.45) is 11.7 Å². The van der Waals surface area contributed by atoms with Gasteiger partial charge < -0.3 is 20.7 Å². The number of hydrogen-bond donors (Lipinski definition) is 2. The fourth-order valence-corrected chi connectivity index (χ4v) is 3.71. The van der Waals surface area contributed by atoms with Crippen LogP contribution in [0.15, 0.2) is 37.0 Å². The number of amides is 1. The molecule has 0 radical (unpaired) electrons. The molecule has 2 unspecified atom stereocenters. The molecule has 2 saturated heterocycles. The molecule has 0 aromatic carbocycles. The second kappa shape index (κ2) is 10.5. The van der Waals surface area contributed by atoms with Gasteiger partial charge in [0.15, 0.2) is 0 Å². The predicted molar refractivity (Wildman–Crippen MR) is 102 cm³/mol. The third-order valence-corrected chi connectivity index (χ3v) is 5.28. The van der Waals surface area contributed by atoms with Crippen LogP contribution in [0.3, 0.4) is 0 Å². The van der Waals surface area contributed by atoms with Gasteiger partial charge in [-0.3, -0.25) is 4.79 Å². The summed E-state index contributed by atoms with van der Waals surface area (Å²) in [6, 6.07) is -0.124. The van der Waals surface area contributed by atoms with Gasteiger partial charge in [-0.05, 0) is 50.1 Å². The first kappa shape index (κ1) is 19.9. The van der Waals surface area contributed by atoms with Crippen LogP contribution in [0, 0.1) is 5.92 Å². The minimum atomic E-state index is -0.382. The Morgan fingerprint density at radius 3 is 2.76 bits per heavy atom. The number of ether oxygens (including phenoxy) is 1. The topological polar surface area (TPSA) is 67.6 Å². The van der Waals surface area contributed by atoms with Gasteiger partial charge in [0.1, 0.15) is 0 Å². The largest absolute Gasteiger partial charge is 0.381 e. The van der Waals surface area contributed by atoms with E-state index in [2.05, 4.69) is 18.5 Å². The lowest BCUT2D eigenvalue weighted by atomic mass is 9.91. The van der Waals surface area contributed by atoms with Crippen molar-refractivity contribution < 1.29 is 9.53 Å². The lowest BCUT2D eigenvalue weighted by molar-refractivity contribution is -0.135. The van der Waals surface area contributed by atoms with Crippen LogP contribution in [0.25, 0.3) is 0 Å². The number of rotatable bonds is 9. The highest BCUT2D eigenvalue weighted by Gasteiger charge is 2.35. The highest BCUT2D eigenvalue weighted by Crippen LogP contribution is 2.23. The summed E-state index contributed by atoms with van der Waals surface area (Å²) >= 11 is 0. The minimum Gasteiger partial charge on any atom is -0.381 e. The predicted octanol–water partition coefficient (Wildman–Crippen LogP) is 2.01. The van der Waals surface area contributed by atoms with Gasteiger partial charge >= 0.3 is 0 Å². The van der Waals surface area contributed by atoms with Gasteiger partial charge in [0.2, 0.25) is 5.91 Å². The van der Waals surface area contributed by atoms with Gasteiger partial charge in [-0.2, -0.15) is 0 Å². The Morgan fingerprint density at radius 2 is 2.08 bits per heavy atom. The summed E-state index contributed by atoms with van der Waals surface area (Å²) in [6.07, 6.45) is 10.4. The molecule has 2 aliphatic heterocycles. The first-order chi connectivity index (χ1) is 12.2. The van der Waals surface area contributed by atoms with Gasteiger partial charge in [0, 0.05) is 32.3 Å². The van der Waals surface area contributed by atoms with Crippen LogP contribution in [-0.2, 0) is 9.53 Å². The van der Waals surface area contributed by atoms with Crippen molar-refractivity contribution in [1.82, 2.24) is 10.2 Å². The Balaban J connectivity index is 1.78. The van der Waals surface area contributed by atoms with Crippen molar-refractivity contribution in [2.75, 3.05) is 32.8 Å². The van der Waals surface area contributed by atoms with Crippen LogP contribution in [0.2, 0.25) is 0 Å². The molecule has 1 amide bonds. The van der Waals surface area contributed by atoms with Gasteiger partial charge in [-0.1, -0.05) is 31.4 Å². The van der Waals surface area contributed by atoms with E-state index in [-0.39, 0.29) is 23.9 Å². The van der Waals surface area contributed by atoms with Crippen molar-refractivity contribution in [1.29, 1.82) is 0 Å². The van der Waals surface area contributed by atoms with Crippen LogP contribution in [0.1, 0.15) is 32.1 Å². The van der Waals surface area contributed by atoms with E-state index in [1.165, 1.54) is 5.57 Å². The summed E-state index contributed by atoms with van der Waals surface area (Å²) in [5, 5.41) is 3.48. The maximum absolute atomic E-state index is 12.8. The molecule has 2 heterocycles. The zero-order valence-corrected chi connectivity index (χ0v) is 15.3. The Kier molecular flexibility index (Phi) is 8.38. The molecule has 140 valence electrons. The number of carbonyl (C=O) groups excluding carboxylic acids is 1. The van der Waals surface area contributed by atoms with Crippen molar-refractivity contribution in [3.63, 3.8) is 0 Å². The summed E-state index contributed by atoms with van der Waals surface area (Å²) in [6.45, 7) is 11.5. The number of nitrogens with zero attached hydrogens (tertiary/aromatic N) is 1. The van der Waals surface area contributed by atoms with E-state index < -0.39 is 0 Å². The zero-order chi connectivity index (χ0) is 18.1. The summed E-state index contributed by atoms with van der Waals surface area (Å²) in [5.74, 6) is 0.379. The normalized spacial score (nSPS) is 23.5. The molecular formula is C20H33N3O2. The standard InChI is InChI=1S/C20H33N3O2/c1-3-6-16(4-2)8-11-22-15-18-7-5-12-23(18)20(24)19(21)17-9-13-25-14-10-17/h3-4,6,17-19,22H,1-2,5,7-15,21H2/b16-6+. The molecule has 0 bridgehead atoms. The van der Waals surface area contributed by atoms with E-state index in [1.54, 1.807) is 6.08 Å². The average Bonchev–Trinajstić information content (AvgIpc) is 3.12. The van der Waals surface area contributed by atoms with Gasteiger partial charge in [-0.15, -0.1) is 0 Å². The SMILES string of the molecule is C=C/C=C(\C=C)CCNCC1CCCN1C(=O)C(N)C1CCOCC1. The molecular weight excluding hydrogens is 314 g/mol. The van der Waals surface area contributed by atoms with E-state index >= 15 is 0 Å². The quantitative estimate of drug-likeness (QED) is 0.495. The summed E-state index contributed by atoms with van der Waals surface area (Å²) < 4.78 is 5.38. The molecule has 2 aliphatic rings. The molecule has 0 aliphatic carbocycles. The van der Waals surface area contributed by atoms with Crippen LogP contribution in [0.4, 0.5) is 0 Å². The third-order valence-electron chi connectivity index (χ3n) is 5.28. The number of nitrogens with one attached hydrogen (secondary N) is 1. The lowest BCUT2D eigenvalue weighted by Gasteiger charge is -2.32. The van der Waals surface area contributed by atoms with Crippen molar-refractivity contribution in [3.05, 3.63) is 37.0 Å². The lowest BCUT2D eigenvalue weighted by Crippen LogP contribution is -2.52. The Morgan fingerprint density at radius 1 is 1.32 bits per heavy atom. The van der Waals surface area contributed by atoms with Crippen LogP contribution >= 0.6 is 0 Å². The maximum Gasteiger partial charge on any atom is 0.240 e. The van der Waals surface area contributed by atoms with Crippen LogP contribution in [-0.4, -0.2) is 55.7 Å². The zero-order valence-electron chi connectivity index (χ0n) is 15.3. The van der Waals surface area contributed by atoms with Crippen LogP contribution in [0.5, 0.6) is 0 Å². The fourth-order valence-electron chi connectivity index (χ4n) is 3.71. The number of carbonyl (C=O) groups is 1. The number of allylic oxidation sites excluding steroid dienone is 3. The molecule has 5 nitrogen and oxygen atoms in total. The molecule has 0 saturated carbocycles. The fraction of sp³-hybridized carbons (Fsp3) is 0.650. The third kappa shape index (κ3) is 5.80. The first-order valence-corrected chi connectivity index (χ1v) is 9.46. The summed E-state index contributed by atoms with van der Waals surface area (Å²) in [4.78, 5) is 14.8. The molecule has 3 N–H and O–H groups in total. The van der Waals surface area contributed by atoms with Crippen LogP contribution < -0.4 is 11.1 Å². The summed E-state index contributed by atoms with van der Waals surface area (Å²) in [7, 11) is 0. The molecule has 2 atom stereocenters. The van der Waals surface area contributed by atoms with Crippen molar-refractivity contribution >= 4 is 5.91 Å². The van der Waals surface area contributed by atoms with E-state index in [4.69, 9.17) is 10.5 Å². The smallest absolute Gasteiger partial charge is 0.240 e. The second-order valence-electron chi connectivity index (χ2n) is 6.94. The second-order valence-corrected chi connectivity index (χ2v) is 6.94. The maximum atomic E-state index is 12.8. The molecule has 0 spiro atoms. The van der Waals surface area contributed by atoms with Crippen molar-refractivity contribution in [2.45, 2.75) is 44.2 Å². The van der Waals surface area contributed by atoms with E-state index in [0.717, 1.165) is 65.0 Å². The number of hydrogen-bond acceptors (Lipinski definition) is 4. The van der Waals surface area contributed by atoms with Gasteiger partial charge in [-0.25, -0.2) is 0 Å². The molecule has 0 aromatic heterocycles. The Bertz CT molecular complexity index is 483. The molecule has 25 heavy (non-hydrogen) atoms. The Labute approximate surface area is 152 Å². The highest BCUT2D eigenvalue weighted by molar-refractivity contribution is 5.82. The monoisotopic (exact) mass is 347 g/mol. The Hall–Kier alpha value is -1.43. The van der Waals surface area contributed by atoms with E-state index in [0.29, 0.717) is 0 Å². The van der Waals surface area contributed by atoms with E-state index in [9.17, 15) is 4.79 Å². The molecule has 2 fully saturated rings. The number of nitrogens with two attached hydrogens (primary N) is 1. The van der Waals surface area contributed by atoms with Crippen molar-refractivity contribution in [3.8, 4) is 0 Å². The first-order valence-electron chi connectivity index (χ1n) is 9.46. The number of likely N-dealkylation sites (tertiary alicyclic amines) is 1. The van der Waals surface area contributed by atoms with Gasteiger partial charge in [0.25, 0.3) is 0 Å². The average molecular weight is 348 g/mol. The summed E-state index contributed by atoms with van der Waals surface area (Å²) in [5.41, 5.74) is 7.45. The highest BCUT2D eigenvalue weighted by atomic mass is 16.5. The van der Waals surface area contributed by atoms with Gasteiger partial charge in [0.05, 0.1) is 6.04 Å².